The molecule has 0 fully saturated rings. The van der Waals surface area contributed by atoms with Crippen molar-refractivity contribution in [2.24, 2.45) is 0 Å². The molecular weight excluding hydrogens is 370 g/mol. The number of hydrogen-bond acceptors (Lipinski definition) is 7. The van der Waals surface area contributed by atoms with E-state index in [4.69, 9.17) is 13.9 Å². The molecular formula is C18H15N3O5S. The fourth-order valence-electron chi connectivity index (χ4n) is 2.54. The Hall–Kier alpha value is -3.33. The van der Waals surface area contributed by atoms with Crippen LogP contribution in [0.2, 0.25) is 0 Å². The molecule has 9 heteroatoms. The van der Waals surface area contributed by atoms with E-state index in [9.17, 15) is 9.59 Å². The summed E-state index contributed by atoms with van der Waals surface area (Å²) in [6, 6.07) is 8.34. The standard InChI is InChI=1S/C18H15N3O5S/c1-10-15(19-18(27-10)13-3-2-6-24-13)17(23)21-20-16(22)11-4-5-12-14(9-11)26-8-7-25-12/h2-6,9H,7-8H2,1H3,(H,20,22)(H,21,23). The Morgan fingerprint density at radius 3 is 2.63 bits per heavy atom. The Morgan fingerprint density at radius 2 is 1.85 bits per heavy atom. The molecule has 138 valence electrons. The molecule has 1 aromatic carbocycles. The number of carbonyl (C=O) groups excluding carboxylic acids is 2. The van der Waals surface area contributed by atoms with Crippen LogP contribution in [0.15, 0.2) is 41.0 Å². The molecule has 2 aromatic heterocycles. The van der Waals surface area contributed by atoms with E-state index in [-0.39, 0.29) is 5.69 Å². The molecule has 0 aliphatic carbocycles. The predicted octanol–water partition coefficient (Wildman–Crippen LogP) is 2.56. The summed E-state index contributed by atoms with van der Waals surface area (Å²) in [6.07, 6.45) is 1.54. The number of rotatable bonds is 3. The number of benzene rings is 1. The van der Waals surface area contributed by atoms with Crippen molar-refractivity contribution >= 4 is 23.2 Å². The Bertz CT molecular complexity index is 997. The van der Waals surface area contributed by atoms with Crippen molar-refractivity contribution in [2.75, 3.05) is 13.2 Å². The fraction of sp³-hybridized carbons (Fsp3) is 0.167. The number of thiazole rings is 1. The van der Waals surface area contributed by atoms with Gasteiger partial charge in [0.05, 0.1) is 6.26 Å². The average Bonchev–Trinajstić information content (AvgIpc) is 3.35. The van der Waals surface area contributed by atoms with Crippen LogP contribution in [0.25, 0.3) is 10.8 Å². The number of hydrazine groups is 1. The van der Waals surface area contributed by atoms with Crippen molar-refractivity contribution in [3.8, 4) is 22.3 Å². The molecule has 8 nitrogen and oxygen atoms in total. The fourth-order valence-corrected chi connectivity index (χ4v) is 3.42. The lowest BCUT2D eigenvalue weighted by atomic mass is 10.2. The third kappa shape index (κ3) is 3.49. The third-order valence-corrected chi connectivity index (χ3v) is 4.82. The van der Waals surface area contributed by atoms with Gasteiger partial charge in [-0.2, -0.15) is 0 Å². The minimum Gasteiger partial charge on any atom is -0.486 e. The van der Waals surface area contributed by atoms with Gasteiger partial charge in [-0.25, -0.2) is 4.98 Å². The molecule has 0 saturated carbocycles. The first-order valence-corrected chi connectivity index (χ1v) is 8.95. The highest BCUT2D eigenvalue weighted by atomic mass is 32.1. The maximum Gasteiger partial charge on any atom is 0.289 e. The largest absolute Gasteiger partial charge is 0.486 e. The van der Waals surface area contributed by atoms with Crippen LogP contribution in [-0.4, -0.2) is 30.0 Å². The molecule has 1 aliphatic heterocycles. The number of nitrogens with one attached hydrogen (secondary N) is 2. The predicted molar refractivity (Wildman–Crippen MR) is 96.9 cm³/mol. The van der Waals surface area contributed by atoms with Crippen molar-refractivity contribution < 1.29 is 23.5 Å². The molecule has 0 saturated heterocycles. The van der Waals surface area contributed by atoms with Crippen LogP contribution in [0, 0.1) is 6.92 Å². The van der Waals surface area contributed by atoms with Gasteiger partial charge >= 0.3 is 0 Å². The van der Waals surface area contributed by atoms with E-state index < -0.39 is 11.8 Å². The highest BCUT2D eigenvalue weighted by molar-refractivity contribution is 7.15. The number of nitrogens with zero attached hydrogens (tertiary/aromatic N) is 1. The molecule has 0 bridgehead atoms. The molecule has 2 N–H and O–H groups in total. The van der Waals surface area contributed by atoms with Gasteiger partial charge in [0.2, 0.25) is 0 Å². The normalized spacial score (nSPS) is 12.5. The zero-order valence-electron chi connectivity index (χ0n) is 14.3. The summed E-state index contributed by atoms with van der Waals surface area (Å²) in [7, 11) is 0. The van der Waals surface area contributed by atoms with Gasteiger partial charge < -0.3 is 13.9 Å². The number of aromatic nitrogens is 1. The third-order valence-electron chi connectivity index (χ3n) is 3.84. The molecule has 1 aliphatic rings. The van der Waals surface area contributed by atoms with Gasteiger partial charge in [-0.3, -0.25) is 20.4 Å². The van der Waals surface area contributed by atoms with E-state index in [1.807, 2.05) is 0 Å². The van der Waals surface area contributed by atoms with E-state index >= 15 is 0 Å². The zero-order valence-corrected chi connectivity index (χ0v) is 15.1. The zero-order chi connectivity index (χ0) is 18.8. The van der Waals surface area contributed by atoms with E-state index in [0.717, 1.165) is 0 Å². The molecule has 4 rings (SSSR count). The summed E-state index contributed by atoms with van der Waals surface area (Å²) < 4.78 is 16.2. The number of amides is 2. The van der Waals surface area contributed by atoms with E-state index in [1.54, 1.807) is 43.5 Å². The van der Waals surface area contributed by atoms with Crippen molar-refractivity contribution in [3.63, 3.8) is 0 Å². The van der Waals surface area contributed by atoms with Crippen molar-refractivity contribution in [1.82, 2.24) is 15.8 Å². The van der Waals surface area contributed by atoms with E-state index in [1.165, 1.54) is 11.3 Å². The highest BCUT2D eigenvalue weighted by Gasteiger charge is 2.19. The monoisotopic (exact) mass is 385 g/mol. The Balaban J connectivity index is 1.43. The summed E-state index contributed by atoms with van der Waals surface area (Å²) >= 11 is 1.34. The van der Waals surface area contributed by atoms with Crippen molar-refractivity contribution in [2.45, 2.75) is 6.92 Å². The minimum atomic E-state index is -0.507. The Kier molecular flexibility index (Phi) is 4.51. The maximum absolute atomic E-state index is 12.4. The van der Waals surface area contributed by atoms with Gasteiger partial charge in [-0.1, -0.05) is 0 Å². The second-order valence-corrected chi connectivity index (χ2v) is 6.87. The summed E-state index contributed by atoms with van der Waals surface area (Å²) in [6.45, 7) is 2.68. The number of furan rings is 1. The molecule has 27 heavy (non-hydrogen) atoms. The first kappa shape index (κ1) is 17.1. The lowest BCUT2D eigenvalue weighted by molar-refractivity contribution is 0.0843. The lowest BCUT2D eigenvalue weighted by Gasteiger charge is -2.18. The van der Waals surface area contributed by atoms with Gasteiger partial charge in [0.1, 0.15) is 18.9 Å². The number of ether oxygens (including phenoxy) is 2. The molecule has 0 radical (unpaired) electrons. The van der Waals surface area contributed by atoms with Gasteiger partial charge in [0.15, 0.2) is 22.3 Å². The Morgan fingerprint density at radius 1 is 1.07 bits per heavy atom. The van der Waals surface area contributed by atoms with Crippen LogP contribution in [-0.2, 0) is 0 Å². The Labute approximate surface area is 158 Å². The summed E-state index contributed by atoms with van der Waals surface area (Å²) in [5.74, 6) is 0.693. The number of hydrogen-bond donors (Lipinski definition) is 2. The number of fused-ring (bicyclic) bond motifs is 1. The highest BCUT2D eigenvalue weighted by Crippen LogP contribution is 2.30. The van der Waals surface area contributed by atoms with Crippen LogP contribution >= 0.6 is 11.3 Å². The van der Waals surface area contributed by atoms with Crippen LogP contribution in [0.4, 0.5) is 0 Å². The van der Waals surface area contributed by atoms with E-state index in [0.29, 0.717) is 45.9 Å². The first-order valence-electron chi connectivity index (χ1n) is 8.13. The number of aryl methyl sites for hydroxylation is 1. The second kappa shape index (κ2) is 7.12. The molecule has 0 atom stereocenters. The lowest BCUT2D eigenvalue weighted by Crippen LogP contribution is -2.42. The average molecular weight is 385 g/mol. The summed E-state index contributed by atoms with van der Waals surface area (Å²) in [5, 5.41) is 0.598. The van der Waals surface area contributed by atoms with Crippen molar-refractivity contribution in [1.29, 1.82) is 0 Å². The van der Waals surface area contributed by atoms with Crippen molar-refractivity contribution in [3.05, 3.63) is 52.7 Å². The molecule has 3 aromatic rings. The van der Waals surface area contributed by atoms with Crippen LogP contribution in [0.3, 0.4) is 0 Å². The van der Waals surface area contributed by atoms with Crippen LogP contribution < -0.4 is 20.3 Å². The van der Waals surface area contributed by atoms with Gasteiger partial charge in [0.25, 0.3) is 11.8 Å². The molecule has 0 unspecified atom stereocenters. The molecule has 2 amide bonds. The minimum absolute atomic E-state index is 0.230. The topological polar surface area (TPSA) is 103 Å². The number of carbonyl (C=O) groups is 2. The smallest absolute Gasteiger partial charge is 0.289 e. The van der Waals surface area contributed by atoms with Gasteiger partial charge in [-0.15, -0.1) is 11.3 Å². The van der Waals surface area contributed by atoms with Gasteiger partial charge in [-0.05, 0) is 37.3 Å². The maximum atomic E-state index is 12.4. The molecule has 3 heterocycles. The second-order valence-electron chi connectivity index (χ2n) is 5.67. The first-order chi connectivity index (χ1) is 13.1. The SMILES string of the molecule is Cc1sc(-c2ccco2)nc1C(=O)NNC(=O)c1ccc2c(c1)OCCO2. The van der Waals surface area contributed by atoms with Crippen LogP contribution in [0.1, 0.15) is 25.7 Å². The van der Waals surface area contributed by atoms with Crippen LogP contribution in [0.5, 0.6) is 11.5 Å². The van der Waals surface area contributed by atoms with Gasteiger partial charge in [0, 0.05) is 10.4 Å². The van der Waals surface area contributed by atoms with E-state index in [2.05, 4.69) is 15.8 Å². The quantitative estimate of drug-likeness (QED) is 0.672. The molecule has 0 spiro atoms. The summed E-state index contributed by atoms with van der Waals surface area (Å²) in [4.78, 5) is 29.6. The summed E-state index contributed by atoms with van der Waals surface area (Å²) in [5.41, 5.74) is 5.33.